The number of rotatable bonds is 9. The Balaban J connectivity index is 1.45. The van der Waals surface area contributed by atoms with Crippen LogP contribution in [0.5, 0.6) is 0 Å². The number of benzene rings is 1. The van der Waals surface area contributed by atoms with Gasteiger partial charge in [0, 0.05) is 29.5 Å². The molecule has 3 heterocycles. The molecule has 2 aliphatic heterocycles. The highest BCUT2D eigenvalue weighted by molar-refractivity contribution is 8.03. The first-order valence-corrected chi connectivity index (χ1v) is 12.6. The monoisotopic (exact) mass is 531 g/mol. The summed E-state index contributed by atoms with van der Waals surface area (Å²) in [7, 11) is 0. The molecule has 1 N–H and O–H groups in total. The molecule has 0 aliphatic carbocycles. The van der Waals surface area contributed by atoms with E-state index in [4.69, 9.17) is 9.47 Å². The number of carbonyl (C=O) groups excluding carboxylic acids is 4. The molecule has 11 nitrogen and oxygen atoms in total. The van der Waals surface area contributed by atoms with Crippen LogP contribution < -0.4 is 5.32 Å². The Morgan fingerprint density at radius 3 is 2.53 bits per heavy atom. The van der Waals surface area contributed by atoms with Gasteiger partial charge in [0.15, 0.2) is 6.04 Å². The van der Waals surface area contributed by atoms with Crippen LogP contribution in [0.4, 0.5) is 5.69 Å². The molecule has 4 rings (SSSR count). The van der Waals surface area contributed by atoms with Crippen LogP contribution in [0, 0.1) is 10.1 Å². The molecule has 0 spiro atoms. The van der Waals surface area contributed by atoms with Gasteiger partial charge in [0.2, 0.25) is 11.8 Å². The highest BCUT2D eigenvalue weighted by atomic mass is 32.2. The van der Waals surface area contributed by atoms with Crippen LogP contribution in [-0.2, 0) is 41.7 Å². The molecule has 36 heavy (non-hydrogen) atoms. The number of hydrogen-bond acceptors (Lipinski definition) is 10. The molecule has 2 aromatic rings. The summed E-state index contributed by atoms with van der Waals surface area (Å²) < 4.78 is 10.5. The average Bonchev–Trinajstić information content (AvgIpc) is 3.37. The van der Waals surface area contributed by atoms with Gasteiger partial charge >= 0.3 is 11.9 Å². The fourth-order valence-electron chi connectivity index (χ4n) is 3.74. The van der Waals surface area contributed by atoms with Gasteiger partial charge in [0.1, 0.15) is 24.6 Å². The molecule has 2 aliphatic rings. The second kappa shape index (κ2) is 10.9. The Bertz CT molecular complexity index is 1210. The van der Waals surface area contributed by atoms with Crippen molar-refractivity contribution in [1.29, 1.82) is 0 Å². The predicted molar refractivity (Wildman–Crippen MR) is 130 cm³/mol. The van der Waals surface area contributed by atoms with Gasteiger partial charge in [-0.2, -0.15) is 0 Å². The SMILES string of the molecule is CC(=O)OCC1=CS[C@@H]2C(NC(=O)Cc3cccs3)C(=O)N2C1C(=O)OCc1ccc([N+](=O)[O-])cc1. The number of esters is 2. The third kappa shape index (κ3) is 5.57. The minimum absolute atomic E-state index is 0.0952. The molecule has 1 aromatic heterocycles. The minimum atomic E-state index is -1.13. The molecule has 2 amide bonds. The number of nitrogens with one attached hydrogen (secondary N) is 1. The van der Waals surface area contributed by atoms with Gasteiger partial charge < -0.3 is 19.7 Å². The van der Waals surface area contributed by atoms with E-state index in [1.807, 2.05) is 17.5 Å². The molecular weight excluding hydrogens is 510 g/mol. The van der Waals surface area contributed by atoms with Crippen molar-refractivity contribution in [3.8, 4) is 0 Å². The summed E-state index contributed by atoms with van der Waals surface area (Å²) >= 11 is 2.68. The molecule has 2 unspecified atom stereocenters. The fraction of sp³-hybridized carbons (Fsp3) is 0.304. The zero-order valence-corrected chi connectivity index (χ0v) is 20.6. The average molecular weight is 532 g/mol. The largest absolute Gasteiger partial charge is 0.461 e. The van der Waals surface area contributed by atoms with Gasteiger partial charge in [-0.05, 0) is 34.6 Å². The highest BCUT2D eigenvalue weighted by Gasteiger charge is 2.56. The Labute approximate surface area is 213 Å². The van der Waals surface area contributed by atoms with Gasteiger partial charge in [0.25, 0.3) is 5.69 Å². The first kappa shape index (κ1) is 25.4. The van der Waals surface area contributed by atoms with Crippen molar-refractivity contribution in [3.63, 3.8) is 0 Å². The molecule has 0 bridgehead atoms. The van der Waals surface area contributed by atoms with Gasteiger partial charge in [0.05, 0.1) is 11.3 Å². The second-order valence-electron chi connectivity index (χ2n) is 7.98. The van der Waals surface area contributed by atoms with Gasteiger partial charge in [-0.1, -0.05) is 6.07 Å². The van der Waals surface area contributed by atoms with E-state index in [0.717, 1.165) is 4.88 Å². The van der Waals surface area contributed by atoms with Crippen molar-refractivity contribution < 1.29 is 33.6 Å². The van der Waals surface area contributed by atoms with Gasteiger partial charge in [-0.3, -0.25) is 24.5 Å². The summed E-state index contributed by atoms with van der Waals surface area (Å²) in [6, 6.07) is 7.25. The lowest BCUT2D eigenvalue weighted by molar-refractivity contribution is -0.384. The molecular formula is C23H21N3O8S2. The summed E-state index contributed by atoms with van der Waals surface area (Å²) in [5.74, 6) is -2.04. The van der Waals surface area contributed by atoms with Crippen LogP contribution in [0.2, 0.25) is 0 Å². The van der Waals surface area contributed by atoms with E-state index in [2.05, 4.69) is 5.32 Å². The topological polar surface area (TPSA) is 145 Å². The summed E-state index contributed by atoms with van der Waals surface area (Å²) in [6.45, 7) is 0.857. The standard InChI is InChI=1S/C23H21N3O8S2/c1-13(27)33-11-15-12-36-22-19(24-18(28)9-17-3-2-8-35-17)21(29)25(22)20(15)23(30)34-10-14-4-6-16(7-5-14)26(31)32/h2-8,12,19-20,22H,9-11H2,1H3,(H,24,28)/t19?,20?,22-/m1/s1. The van der Waals surface area contributed by atoms with Crippen LogP contribution in [0.15, 0.2) is 52.8 Å². The Kier molecular flexibility index (Phi) is 7.70. The molecule has 0 saturated carbocycles. The lowest BCUT2D eigenvalue weighted by atomic mass is 9.98. The maximum atomic E-state index is 13.1. The van der Waals surface area contributed by atoms with Crippen LogP contribution in [0.1, 0.15) is 17.4 Å². The number of fused-ring (bicyclic) bond motifs is 1. The first-order chi connectivity index (χ1) is 17.2. The zero-order chi connectivity index (χ0) is 25.8. The summed E-state index contributed by atoms with van der Waals surface area (Å²) in [5, 5.41) is 16.5. The van der Waals surface area contributed by atoms with Crippen molar-refractivity contribution >= 4 is 52.5 Å². The van der Waals surface area contributed by atoms with Crippen LogP contribution in [-0.4, -0.2) is 57.6 Å². The normalized spacial score (nSPS) is 20.5. The second-order valence-corrected chi connectivity index (χ2v) is 10.0. The smallest absolute Gasteiger partial charge is 0.333 e. The number of thioether (sulfide) groups is 1. The maximum absolute atomic E-state index is 13.1. The molecule has 1 saturated heterocycles. The lowest BCUT2D eigenvalue weighted by Crippen LogP contribution is -2.74. The third-order valence-corrected chi connectivity index (χ3v) is 7.59. The van der Waals surface area contributed by atoms with E-state index in [9.17, 15) is 29.3 Å². The van der Waals surface area contributed by atoms with E-state index >= 15 is 0 Å². The molecule has 188 valence electrons. The molecule has 1 fully saturated rings. The van der Waals surface area contributed by atoms with Crippen molar-refractivity contribution in [2.75, 3.05) is 6.61 Å². The number of thiophene rings is 1. The van der Waals surface area contributed by atoms with Gasteiger partial charge in [-0.25, -0.2) is 4.79 Å². The number of hydrogen-bond donors (Lipinski definition) is 1. The minimum Gasteiger partial charge on any atom is -0.461 e. The molecule has 0 radical (unpaired) electrons. The van der Waals surface area contributed by atoms with Crippen molar-refractivity contribution in [2.45, 2.75) is 37.4 Å². The number of nitro groups is 1. The van der Waals surface area contributed by atoms with E-state index < -0.39 is 40.2 Å². The van der Waals surface area contributed by atoms with Crippen LogP contribution in [0.25, 0.3) is 0 Å². The van der Waals surface area contributed by atoms with E-state index in [1.165, 1.54) is 59.2 Å². The number of β-lactam (4-membered cyclic amide) rings is 1. The van der Waals surface area contributed by atoms with Gasteiger partial charge in [-0.15, -0.1) is 23.1 Å². The third-order valence-electron chi connectivity index (χ3n) is 5.49. The van der Waals surface area contributed by atoms with Crippen LogP contribution in [0.3, 0.4) is 0 Å². The fourth-order valence-corrected chi connectivity index (χ4v) is 5.66. The number of nitro benzene ring substituents is 1. The van der Waals surface area contributed by atoms with E-state index in [0.29, 0.717) is 11.1 Å². The summed E-state index contributed by atoms with van der Waals surface area (Å²) in [5.41, 5.74) is 0.800. The number of ether oxygens (including phenoxy) is 2. The highest BCUT2D eigenvalue weighted by Crippen LogP contribution is 2.40. The Morgan fingerprint density at radius 1 is 1.14 bits per heavy atom. The lowest BCUT2D eigenvalue weighted by Gasteiger charge is -2.51. The summed E-state index contributed by atoms with van der Waals surface area (Å²) in [6.07, 6.45) is 0.146. The Morgan fingerprint density at radius 2 is 1.89 bits per heavy atom. The maximum Gasteiger partial charge on any atom is 0.333 e. The summed E-state index contributed by atoms with van der Waals surface area (Å²) in [4.78, 5) is 62.3. The molecule has 3 atom stereocenters. The van der Waals surface area contributed by atoms with Crippen molar-refractivity contribution in [1.82, 2.24) is 10.2 Å². The quantitative estimate of drug-likeness (QED) is 0.223. The van der Waals surface area contributed by atoms with Crippen molar-refractivity contribution in [2.24, 2.45) is 0 Å². The number of nitrogens with zero attached hydrogens (tertiary/aromatic N) is 2. The van der Waals surface area contributed by atoms with Crippen LogP contribution >= 0.6 is 23.1 Å². The predicted octanol–water partition coefficient (Wildman–Crippen LogP) is 2.16. The number of carbonyl (C=O) groups is 4. The van der Waals surface area contributed by atoms with Crippen molar-refractivity contribution in [3.05, 3.63) is 73.3 Å². The number of non-ortho nitro benzene ring substituents is 1. The number of amides is 2. The molecule has 1 aromatic carbocycles. The Hall–Kier alpha value is -3.71. The zero-order valence-electron chi connectivity index (χ0n) is 18.9. The van der Waals surface area contributed by atoms with E-state index in [1.54, 1.807) is 5.41 Å². The first-order valence-electron chi connectivity index (χ1n) is 10.8. The van der Waals surface area contributed by atoms with E-state index in [-0.39, 0.29) is 31.2 Å². The molecule has 13 heteroatoms.